The van der Waals surface area contributed by atoms with Gasteiger partial charge in [0.1, 0.15) is 24.0 Å². The highest BCUT2D eigenvalue weighted by atomic mass is 16.6. The van der Waals surface area contributed by atoms with Gasteiger partial charge in [-0.05, 0) is 56.3 Å². The molecule has 1 aliphatic heterocycles. The average Bonchev–Trinajstić information content (AvgIpc) is 2.97. The Bertz CT molecular complexity index is 953. The molecule has 6 N–H and O–H groups in total. The highest BCUT2D eigenvalue weighted by Gasteiger charge is 2.51. The number of ether oxygens (including phenoxy) is 1. The number of carbonyl (C=O) groups excluding carboxylic acids is 1. The van der Waals surface area contributed by atoms with E-state index in [1.54, 1.807) is 0 Å². The number of H-pyrrole nitrogens is 1. The van der Waals surface area contributed by atoms with Crippen LogP contribution >= 0.6 is 0 Å². The zero-order valence-electron chi connectivity index (χ0n) is 17.0. The van der Waals surface area contributed by atoms with Gasteiger partial charge in [-0.25, -0.2) is 9.59 Å². The Kier molecular flexibility index (Phi) is 4.96. The summed E-state index contributed by atoms with van der Waals surface area (Å²) in [5.41, 5.74) is -2.08. The van der Waals surface area contributed by atoms with Gasteiger partial charge in [-0.2, -0.15) is 0 Å². The summed E-state index contributed by atoms with van der Waals surface area (Å²) in [5.74, 6) is 1.93. The third-order valence-corrected chi connectivity index (χ3v) is 7.42. The molecule has 2 amide bonds. The SMILES string of the molecule is O=C(Nc1cn([C@H]2O[C@@H](CO)[C@@H](O)[C@H]2O)c(=O)[nH]c1=O)NC12CC3CC(CC(C3)C1)C2. The maximum absolute atomic E-state index is 12.8. The summed E-state index contributed by atoms with van der Waals surface area (Å²) in [6.45, 7) is -0.550. The van der Waals surface area contributed by atoms with Gasteiger partial charge >= 0.3 is 11.7 Å². The van der Waals surface area contributed by atoms with E-state index in [1.165, 1.54) is 19.3 Å². The van der Waals surface area contributed by atoms with Crippen molar-refractivity contribution in [2.24, 2.45) is 17.8 Å². The minimum atomic E-state index is -1.49. The van der Waals surface area contributed by atoms with E-state index >= 15 is 0 Å². The summed E-state index contributed by atoms with van der Waals surface area (Å²) in [6.07, 6.45) is 2.35. The summed E-state index contributed by atoms with van der Waals surface area (Å²) >= 11 is 0. The van der Waals surface area contributed by atoms with Crippen LogP contribution in [-0.2, 0) is 4.74 Å². The van der Waals surface area contributed by atoms with Crippen molar-refractivity contribution in [3.05, 3.63) is 27.0 Å². The predicted molar refractivity (Wildman–Crippen MR) is 107 cm³/mol. The van der Waals surface area contributed by atoms with Gasteiger partial charge in [-0.3, -0.25) is 14.3 Å². The van der Waals surface area contributed by atoms with E-state index in [0.29, 0.717) is 17.8 Å². The van der Waals surface area contributed by atoms with Gasteiger partial charge in [0.15, 0.2) is 6.23 Å². The van der Waals surface area contributed by atoms with Crippen molar-refractivity contribution in [2.75, 3.05) is 11.9 Å². The highest BCUT2D eigenvalue weighted by Crippen LogP contribution is 2.55. The van der Waals surface area contributed by atoms with E-state index in [-0.39, 0.29) is 11.2 Å². The average molecular weight is 436 g/mol. The number of aliphatic hydroxyl groups excluding tert-OH is 3. The molecule has 0 unspecified atom stereocenters. The van der Waals surface area contributed by atoms with Crippen LogP contribution in [0.3, 0.4) is 0 Å². The number of hydrogen-bond acceptors (Lipinski definition) is 7. The maximum atomic E-state index is 12.8. The summed E-state index contributed by atoms with van der Waals surface area (Å²) in [6, 6.07) is -0.515. The third-order valence-electron chi connectivity index (χ3n) is 7.42. The zero-order valence-corrected chi connectivity index (χ0v) is 17.0. The molecular formula is C20H28N4O7. The van der Waals surface area contributed by atoms with E-state index < -0.39 is 48.4 Å². The largest absolute Gasteiger partial charge is 0.394 e. The Balaban J connectivity index is 1.34. The lowest BCUT2D eigenvalue weighted by Crippen LogP contribution is -2.60. The number of rotatable bonds is 4. The van der Waals surface area contributed by atoms with E-state index in [9.17, 15) is 29.7 Å². The van der Waals surface area contributed by atoms with Crippen LogP contribution in [0.4, 0.5) is 10.5 Å². The number of carbonyl (C=O) groups is 1. The molecule has 1 saturated heterocycles. The number of anilines is 1. The van der Waals surface area contributed by atoms with Crippen LogP contribution in [0.5, 0.6) is 0 Å². The Morgan fingerprint density at radius 2 is 1.74 bits per heavy atom. The van der Waals surface area contributed by atoms with E-state index in [1.807, 2.05) is 0 Å². The number of hydrogen-bond donors (Lipinski definition) is 6. The fraction of sp³-hybridized carbons (Fsp3) is 0.750. The lowest BCUT2D eigenvalue weighted by atomic mass is 9.53. The molecule has 4 saturated carbocycles. The Hall–Kier alpha value is -2.21. The molecule has 1 aromatic rings. The fourth-order valence-corrected chi connectivity index (χ4v) is 6.53. The van der Waals surface area contributed by atoms with Crippen LogP contribution in [0.15, 0.2) is 15.8 Å². The number of urea groups is 1. The molecule has 5 fully saturated rings. The number of nitrogens with one attached hydrogen (secondary N) is 3. The smallest absolute Gasteiger partial charge is 0.330 e. The number of aliphatic hydroxyl groups is 3. The quantitative estimate of drug-likeness (QED) is 0.361. The molecule has 4 bridgehead atoms. The van der Waals surface area contributed by atoms with Gasteiger partial charge in [-0.1, -0.05) is 0 Å². The number of amides is 2. The minimum absolute atomic E-state index is 0.181. The lowest BCUT2D eigenvalue weighted by molar-refractivity contribution is -0.0549. The lowest BCUT2D eigenvalue weighted by Gasteiger charge is -2.56. The second kappa shape index (κ2) is 7.44. The van der Waals surface area contributed by atoms with Gasteiger partial charge in [-0.15, -0.1) is 0 Å². The molecule has 6 rings (SSSR count). The van der Waals surface area contributed by atoms with Crippen LogP contribution in [0.25, 0.3) is 0 Å². The van der Waals surface area contributed by atoms with E-state index in [4.69, 9.17) is 4.74 Å². The first-order valence-electron chi connectivity index (χ1n) is 10.8. The number of aromatic nitrogens is 2. The van der Waals surface area contributed by atoms with Crippen LogP contribution in [-0.4, -0.2) is 61.4 Å². The van der Waals surface area contributed by atoms with Crippen molar-refractivity contribution in [1.82, 2.24) is 14.9 Å². The summed E-state index contributed by atoms with van der Waals surface area (Å²) in [4.78, 5) is 39.4. The first-order valence-corrected chi connectivity index (χ1v) is 10.8. The predicted octanol–water partition coefficient (Wildman–Crippen LogP) is -0.762. The molecule has 0 spiro atoms. The first-order chi connectivity index (χ1) is 14.8. The molecule has 170 valence electrons. The number of nitrogens with zero attached hydrogens (tertiary/aromatic N) is 1. The highest BCUT2D eigenvalue weighted by molar-refractivity contribution is 5.89. The molecule has 0 radical (unpaired) electrons. The zero-order chi connectivity index (χ0) is 21.9. The minimum Gasteiger partial charge on any atom is -0.394 e. The molecule has 11 heteroatoms. The standard InChI is InChI=1S/C20H28N4O7/c25-8-13-14(26)15(27)17(31-13)24-7-12(16(28)22-19(24)30)21-18(29)23-20-4-9-1-10(5-20)3-11(2-9)6-20/h7,9-11,13-15,17,25-27H,1-6,8H2,(H2,21,23,29)(H,22,28,30)/t9?,10?,11?,13-,14+,15+,17-,20?/m0/s1. The molecule has 1 aromatic heterocycles. The van der Waals surface area contributed by atoms with Crippen LogP contribution in [0.2, 0.25) is 0 Å². The first kappa shape index (κ1) is 20.7. The molecule has 4 aliphatic carbocycles. The van der Waals surface area contributed by atoms with Crippen molar-refractivity contribution in [1.29, 1.82) is 0 Å². The second-order valence-electron chi connectivity index (χ2n) is 9.72. The normalized spacial score (nSPS) is 40.8. The van der Waals surface area contributed by atoms with Crippen LogP contribution in [0, 0.1) is 17.8 Å². The Labute approximate surface area is 177 Å². The summed E-state index contributed by atoms with van der Waals surface area (Å²) in [7, 11) is 0. The van der Waals surface area contributed by atoms with Crippen LogP contribution in [0.1, 0.15) is 44.8 Å². The molecule has 5 aliphatic rings. The topological polar surface area (TPSA) is 166 Å². The van der Waals surface area contributed by atoms with Gasteiger partial charge in [0, 0.05) is 11.7 Å². The van der Waals surface area contributed by atoms with Crippen LogP contribution < -0.4 is 21.9 Å². The van der Waals surface area contributed by atoms with Gasteiger partial charge in [0.05, 0.1) is 6.61 Å². The fourth-order valence-electron chi connectivity index (χ4n) is 6.53. The summed E-state index contributed by atoms with van der Waals surface area (Å²) in [5, 5.41) is 35.0. The van der Waals surface area contributed by atoms with Crippen molar-refractivity contribution < 1.29 is 24.9 Å². The van der Waals surface area contributed by atoms with Crippen molar-refractivity contribution in [3.8, 4) is 0 Å². The van der Waals surface area contributed by atoms with Gasteiger partial charge in [0.2, 0.25) is 0 Å². The second-order valence-corrected chi connectivity index (χ2v) is 9.72. The molecular weight excluding hydrogens is 408 g/mol. The Morgan fingerprint density at radius 3 is 2.29 bits per heavy atom. The molecule has 11 nitrogen and oxygen atoms in total. The van der Waals surface area contributed by atoms with Crippen molar-refractivity contribution in [2.45, 2.75) is 68.6 Å². The van der Waals surface area contributed by atoms with Gasteiger partial charge in [0.25, 0.3) is 5.56 Å². The molecule has 2 heterocycles. The van der Waals surface area contributed by atoms with E-state index in [2.05, 4.69) is 15.6 Å². The Morgan fingerprint density at radius 1 is 1.13 bits per heavy atom. The monoisotopic (exact) mass is 436 g/mol. The molecule has 0 aromatic carbocycles. The third kappa shape index (κ3) is 3.59. The van der Waals surface area contributed by atoms with Crippen molar-refractivity contribution >= 4 is 11.7 Å². The van der Waals surface area contributed by atoms with E-state index in [0.717, 1.165) is 30.0 Å². The molecule has 31 heavy (non-hydrogen) atoms. The number of aromatic amines is 1. The maximum Gasteiger partial charge on any atom is 0.330 e. The molecule has 4 atom stereocenters. The van der Waals surface area contributed by atoms with Gasteiger partial charge < -0.3 is 30.7 Å². The summed E-state index contributed by atoms with van der Waals surface area (Å²) < 4.78 is 6.25. The van der Waals surface area contributed by atoms with Crippen molar-refractivity contribution in [3.63, 3.8) is 0 Å².